The summed E-state index contributed by atoms with van der Waals surface area (Å²) >= 11 is 12.1. The summed E-state index contributed by atoms with van der Waals surface area (Å²) in [5.41, 5.74) is -2.38. The zero-order valence-electron chi connectivity index (χ0n) is 22.1. The molecule has 1 aromatic carbocycles. The fourth-order valence-electron chi connectivity index (χ4n) is 3.43. The van der Waals surface area contributed by atoms with Gasteiger partial charge >= 0.3 is 18.3 Å². The molecule has 0 aliphatic carbocycles. The van der Waals surface area contributed by atoms with E-state index in [9.17, 15) is 44.9 Å². The minimum atomic E-state index is -5.34. The number of hydrogen-bond acceptors (Lipinski definition) is 6. The molecule has 2 unspecified atom stereocenters. The molecular weight excluding hydrogens is 653 g/mol. The molecule has 19 heteroatoms. The number of nitrogens with zero attached hydrogens (tertiary/aromatic N) is 4. The molecule has 2 atom stereocenters. The summed E-state index contributed by atoms with van der Waals surface area (Å²) in [6.45, 7) is 2.08. The highest BCUT2D eigenvalue weighted by molar-refractivity contribution is 7.93. The van der Waals surface area contributed by atoms with Crippen molar-refractivity contribution in [2.45, 2.75) is 31.5 Å². The molecule has 2 heterocycles. The molecule has 0 aliphatic heterocycles. The van der Waals surface area contributed by atoms with Gasteiger partial charge in [0.05, 0.1) is 31.3 Å². The van der Waals surface area contributed by atoms with E-state index in [-0.39, 0.29) is 32.7 Å². The van der Waals surface area contributed by atoms with Crippen molar-refractivity contribution < 1.29 is 44.9 Å². The highest BCUT2D eigenvalue weighted by Crippen LogP contribution is 2.32. The van der Waals surface area contributed by atoms with Gasteiger partial charge in [-0.25, -0.2) is 13.9 Å². The summed E-state index contributed by atoms with van der Waals surface area (Å²) in [6, 6.07) is 5.62. The number of carbonyl (C=O) groups excluding carboxylic acids is 3. The molecule has 3 aromatic rings. The monoisotopic (exact) mass is 672 g/mol. The maximum Gasteiger partial charge on any atom is 0.474 e. The molecule has 0 spiro atoms. The molecule has 0 aliphatic rings. The van der Waals surface area contributed by atoms with Crippen LogP contribution in [0.1, 0.15) is 39.0 Å². The number of nitrogens with one attached hydrogen (secondary N) is 2. The summed E-state index contributed by atoms with van der Waals surface area (Å²) in [7, 11) is -3.77. The fraction of sp³-hybridized carbons (Fsp3) is 0.292. The maximum absolute atomic E-state index is 13.5. The average Bonchev–Trinajstić information content (AvgIpc) is 3.34. The van der Waals surface area contributed by atoms with Crippen molar-refractivity contribution in [2.75, 3.05) is 18.1 Å². The van der Waals surface area contributed by atoms with Gasteiger partial charge in [0.15, 0.2) is 11.5 Å². The van der Waals surface area contributed by atoms with Crippen LogP contribution in [0, 0.1) is 6.92 Å². The van der Waals surface area contributed by atoms with Crippen LogP contribution in [-0.4, -0.2) is 60.9 Å². The Balaban J connectivity index is 1.95. The van der Waals surface area contributed by atoms with Gasteiger partial charge in [-0.05, 0) is 43.7 Å². The molecule has 3 amide bonds. The number of halogens is 8. The molecule has 0 bridgehead atoms. The van der Waals surface area contributed by atoms with Crippen LogP contribution in [0.2, 0.25) is 10.0 Å². The first-order valence-corrected chi connectivity index (χ1v) is 14.5. The van der Waals surface area contributed by atoms with E-state index in [1.807, 2.05) is 0 Å². The Labute approximate surface area is 249 Å². The highest BCUT2D eigenvalue weighted by atomic mass is 35.5. The van der Waals surface area contributed by atoms with Crippen molar-refractivity contribution in [3.63, 3.8) is 0 Å². The van der Waals surface area contributed by atoms with Crippen molar-refractivity contribution in [3.8, 4) is 5.82 Å². The molecule has 43 heavy (non-hydrogen) atoms. The first-order chi connectivity index (χ1) is 19.7. The number of carbonyl (C=O) groups is 3. The van der Waals surface area contributed by atoms with E-state index in [0.717, 1.165) is 12.3 Å². The number of amides is 3. The van der Waals surface area contributed by atoms with Gasteiger partial charge in [-0.2, -0.15) is 35.8 Å². The van der Waals surface area contributed by atoms with Gasteiger partial charge in [0, 0.05) is 30.1 Å². The Morgan fingerprint density at radius 1 is 1.09 bits per heavy atom. The standard InChI is InChI=1S/C24H20Cl2F6N6O4S/c1-11-7-13(25)8-14(20(39)34-10-12(2)43(3,42)37-22(41)24(30,31)32)18(11)35-21(40)16-9-17(23(27,28)29)36-38(16)19-15(26)5-4-6-33-19/h4-9,12H,10H2,1-3H3,(H,34,39)(H,35,40). The van der Waals surface area contributed by atoms with E-state index < -0.39 is 63.0 Å². The third-order valence-electron chi connectivity index (χ3n) is 5.76. The van der Waals surface area contributed by atoms with Gasteiger partial charge in [0.1, 0.15) is 5.69 Å². The number of alkyl halides is 6. The number of hydrogen-bond donors (Lipinski definition) is 2. The Morgan fingerprint density at radius 3 is 2.33 bits per heavy atom. The molecule has 2 N–H and O–H groups in total. The molecule has 232 valence electrons. The van der Waals surface area contributed by atoms with Crippen LogP contribution in [0.3, 0.4) is 0 Å². The minimum absolute atomic E-state index is 0.0171. The van der Waals surface area contributed by atoms with Crippen molar-refractivity contribution in [3.05, 3.63) is 69.1 Å². The predicted octanol–water partition coefficient (Wildman–Crippen LogP) is 5.46. The van der Waals surface area contributed by atoms with Gasteiger partial charge in [-0.1, -0.05) is 23.2 Å². The van der Waals surface area contributed by atoms with Crippen LogP contribution in [0.15, 0.2) is 40.9 Å². The molecule has 0 radical (unpaired) electrons. The maximum atomic E-state index is 13.5. The summed E-state index contributed by atoms with van der Waals surface area (Å²) in [5.74, 6) is -4.95. The Hall–Kier alpha value is -3.70. The van der Waals surface area contributed by atoms with E-state index in [1.54, 1.807) is 0 Å². The molecule has 0 saturated carbocycles. The van der Waals surface area contributed by atoms with Gasteiger partial charge in [-0.3, -0.25) is 14.4 Å². The summed E-state index contributed by atoms with van der Waals surface area (Å²) < 4.78 is 94.1. The summed E-state index contributed by atoms with van der Waals surface area (Å²) in [4.78, 5) is 41.5. The zero-order valence-corrected chi connectivity index (χ0v) is 24.4. The van der Waals surface area contributed by atoms with Gasteiger partial charge in [0.2, 0.25) is 0 Å². The number of rotatable bonds is 7. The van der Waals surface area contributed by atoms with Crippen LogP contribution in [-0.2, 0) is 20.7 Å². The van der Waals surface area contributed by atoms with Crippen LogP contribution >= 0.6 is 23.2 Å². The molecule has 0 fully saturated rings. The van der Waals surface area contributed by atoms with E-state index in [4.69, 9.17) is 23.2 Å². The molecular formula is C24H20Cl2F6N6O4S. The first kappa shape index (κ1) is 33.8. The topological polar surface area (TPSA) is 135 Å². The van der Waals surface area contributed by atoms with Crippen LogP contribution < -0.4 is 10.6 Å². The van der Waals surface area contributed by atoms with Crippen LogP contribution in [0.4, 0.5) is 32.0 Å². The van der Waals surface area contributed by atoms with Crippen molar-refractivity contribution in [1.82, 2.24) is 20.1 Å². The van der Waals surface area contributed by atoms with Crippen LogP contribution in [0.25, 0.3) is 5.82 Å². The zero-order chi connectivity index (χ0) is 32.5. The van der Waals surface area contributed by atoms with Crippen molar-refractivity contribution in [2.24, 2.45) is 4.36 Å². The van der Waals surface area contributed by atoms with Gasteiger partial charge < -0.3 is 10.6 Å². The SMILES string of the molecule is Cc1cc(Cl)cc(C(=O)NCC(C)S(C)(=O)=NC(=O)C(F)(F)F)c1NC(=O)c1cc(C(F)(F)F)nn1-c1ncccc1Cl. The summed E-state index contributed by atoms with van der Waals surface area (Å²) in [5, 5.41) is 6.75. The Bertz CT molecular complexity index is 1720. The third-order valence-corrected chi connectivity index (χ3v) is 8.46. The normalized spacial score (nSPS) is 14.0. The molecule has 10 nitrogen and oxygen atoms in total. The Kier molecular flexibility index (Phi) is 9.82. The second kappa shape index (κ2) is 12.5. The molecule has 2 aromatic heterocycles. The largest absolute Gasteiger partial charge is 0.474 e. The van der Waals surface area contributed by atoms with Crippen molar-refractivity contribution >= 4 is 56.3 Å². The van der Waals surface area contributed by atoms with Gasteiger partial charge in [-0.15, -0.1) is 0 Å². The second-order valence-corrected chi connectivity index (χ2v) is 12.6. The lowest BCUT2D eigenvalue weighted by atomic mass is 10.1. The number of aryl methyl sites for hydroxylation is 1. The highest BCUT2D eigenvalue weighted by Gasteiger charge is 2.40. The molecule has 3 rings (SSSR count). The lowest BCUT2D eigenvalue weighted by molar-refractivity contribution is -0.169. The Morgan fingerprint density at radius 2 is 1.74 bits per heavy atom. The number of anilines is 1. The van der Waals surface area contributed by atoms with Crippen LogP contribution in [0.5, 0.6) is 0 Å². The number of benzene rings is 1. The lowest BCUT2D eigenvalue weighted by Crippen LogP contribution is -2.36. The van der Waals surface area contributed by atoms with E-state index in [2.05, 4.69) is 25.1 Å². The minimum Gasteiger partial charge on any atom is -0.351 e. The fourth-order valence-corrected chi connectivity index (χ4v) is 4.91. The van der Waals surface area contributed by atoms with E-state index in [0.29, 0.717) is 10.7 Å². The smallest absolute Gasteiger partial charge is 0.351 e. The number of pyridine rings is 1. The third kappa shape index (κ3) is 8.03. The van der Waals surface area contributed by atoms with E-state index >= 15 is 0 Å². The quantitative estimate of drug-likeness (QED) is 0.320. The first-order valence-electron chi connectivity index (χ1n) is 11.7. The lowest BCUT2D eigenvalue weighted by Gasteiger charge is -2.18. The predicted molar refractivity (Wildman–Crippen MR) is 145 cm³/mol. The number of aromatic nitrogens is 3. The van der Waals surface area contributed by atoms with E-state index in [1.165, 1.54) is 38.2 Å². The second-order valence-electron chi connectivity index (χ2n) is 9.01. The summed E-state index contributed by atoms with van der Waals surface area (Å²) in [6.07, 6.45) is -8.26. The molecule has 0 saturated heterocycles. The van der Waals surface area contributed by atoms with Crippen molar-refractivity contribution in [1.29, 1.82) is 0 Å². The van der Waals surface area contributed by atoms with Gasteiger partial charge in [0.25, 0.3) is 11.8 Å². The average molecular weight is 673 g/mol.